The number of nitrogens with one attached hydrogen (secondary N) is 1. The number of aromatic amines is 1. The van der Waals surface area contributed by atoms with Gasteiger partial charge >= 0.3 is 0 Å². The highest BCUT2D eigenvalue weighted by Crippen LogP contribution is 2.17. The van der Waals surface area contributed by atoms with Crippen molar-refractivity contribution in [2.45, 2.75) is 0 Å². The van der Waals surface area contributed by atoms with Crippen molar-refractivity contribution >= 4 is 5.52 Å². The average Bonchev–Trinajstić information content (AvgIpc) is 2.85. The van der Waals surface area contributed by atoms with Crippen molar-refractivity contribution in [2.24, 2.45) is 0 Å². The summed E-state index contributed by atoms with van der Waals surface area (Å²) in [5.41, 5.74) is 1.77. The van der Waals surface area contributed by atoms with Gasteiger partial charge in [0.2, 0.25) is 0 Å². The molecule has 3 rings (SSSR count). The van der Waals surface area contributed by atoms with Crippen LogP contribution >= 0.6 is 0 Å². The molecule has 0 aromatic carbocycles. The summed E-state index contributed by atoms with van der Waals surface area (Å²) in [5.74, 6) is 0.764. The lowest BCUT2D eigenvalue weighted by Crippen LogP contribution is -1.87. The first-order valence-electron chi connectivity index (χ1n) is 4.23. The molecule has 0 saturated heterocycles. The van der Waals surface area contributed by atoms with Crippen molar-refractivity contribution in [1.29, 1.82) is 0 Å². The van der Waals surface area contributed by atoms with Crippen LogP contribution in [0, 0.1) is 0 Å². The summed E-state index contributed by atoms with van der Waals surface area (Å²) in [7, 11) is 0. The molecule has 3 aromatic heterocycles. The Morgan fingerprint density at radius 1 is 1.21 bits per heavy atom. The predicted molar refractivity (Wildman–Crippen MR) is 50.6 cm³/mol. The molecule has 68 valence electrons. The Bertz CT molecular complexity index is 551. The second-order valence-corrected chi connectivity index (χ2v) is 2.88. The van der Waals surface area contributed by atoms with E-state index in [9.17, 15) is 0 Å². The first-order chi connectivity index (χ1) is 6.95. The highest BCUT2D eigenvalue weighted by atomic mass is 15.2. The van der Waals surface area contributed by atoms with Crippen molar-refractivity contribution in [2.75, 3.05) is 0 Å². The molecule has 0 spiro atoms. The van der Waals surface area contributed by atoms with Gasteiger partial charge in [0.1, 0.15) is 12.0 Å². The Labute approximate surface area is 79.4 Å². The molecule has 0 aliphatic rings. The summed E-state index contributed by atoms with van der Waals surface area (Å²) < 4.78 is 1.72. The van der Waals surface area contributed by atoms with Crippen molar-refractivity contribution in [3.8, 4) is 11.5 Å². The maximum atomic E-state index is 4.24. The number of fused-ring (bicyclic) bond motifs is 1. The van der Waals surface area contributed by atoms with Crippen LogP contribution in [-0.4, -0.2) is 24.6 Å². The number of imidazole rings is 2. The van der Waals surface area contributed by atoms with E-state index in [4.69, 9.17) is 0 Å². The SMILES string of the molecule is c1cnn2cnc(-c3ncc[nH]3)c2c1. The van der Waals surface area contributed by atoms with Gasteiger partial charge in [-0.3, -0.25) is 0 Å². The Balaban J connectivity index is 2.33. The summed E-state index contributed by atoms with van der Waals surface area (Å²) in [6, 6.07) is 3.83. The van der Waals surface area contributed by atoms with Gasteiger partial charge in [0.25, 0.3) is 0 Å². The van der Waals surface area contributed by atoms with E-state index in [2.05, 4.69) is 20.1 Å². The van der Waals surface area contributed by atoms with Crippen molar-refractivity contribution < 1.29 is 0 Å². The first-order valence-corrected chi connectivity index (χ1v) is 4.23. The molecule has 0 aliphatic heterocycles. The molecule has 1 N–H and O–H groups in total. The van der Waals surface area contributed by atoms with E-state index in [1.165, 1.54) is 0 Å². The molecule has 0 atom stereocenters. The molecule has 5 heteroatoms. The molecule has 5 nitrogen and oxygen atoms in total. The number of hydrogen-bond donors (Lipinski definition) is 1. The predicted octanol–water partition coefficient (Wildman–Crippen LogP) is 1.12. The molecule has 14 heavy (non-hydrogen) atoms. The fourth-order valence-corrected chi connectivity index (χ4v) is 1.42. The lowest BCUT2D eigenvalue weighted by Gasteiger charge is -1.92. The zero-order valence-corrected chi connectivity index (χ0v) is 7.25. The minimum Gasteiger partial charge on any atom is -0.343 e. The fourth-order valence-electron chi connectivity index (χ4n) is 1.42. The summed E-state index contributed by atoms with van der Waals surface area (Å²) in [6.07, 6.45) is 6.88. The fraction of sp³-hybridized carbons (Fsp3) is 0. The van der Waals surface area contributed by atoms with E-state index in [0.29, 0.717) is 0 Å². The van der Waals surface area contributed by atoms with Crippen molar-refractivity contribution in [1.82, 2.24) is 24.6 Å². The first kappa shape index (κ1) is 7.25. The maximum absolute atomic E-state index is 4.24. The van der Waals surface area contributed by atoms with Crippen LogP contribution in [0.25, 0.3) is 17.0 Å². The van der Waals surface area contributed by atoms with Crippen molar-refractivity contribution in [3.63, 3.8) is 0 Å². The van der Waals surface area contributed by atoms with Crippen LogP contribution in [0.2, 0.25) is 0 Å². The number of nitrogens with zero attached hydrogens (tertiary/aromatic N) is 4. The average molecular weight is 185 g/mol. The molecule has 3 heterocycles. The Morgan fingerprint density at radius 3 is 3.07 bits per heavy atom. The Hall–Kier alpha value is -2.17. The normalized spacial score (nSPS) is 10.9. The van der Waals surface area contributed by atoms with E-state index < -0.39 is 0 Å². The number of hydrogen-bond acceptors (Lipinski definition) is 3. The van der Waals surface area contributed by atoms with Gasteiger partial charge in [0.05, 0.1) is 5.52 Å². The molecule has 0 fully saturated rings. The van der Waals surface area contributed by atoms with E-state index >= 15 is 0 Å². The topological polar surface area (TPSA) is 58.9 Å². The standard InChI is InChI=1S/C9H7N5/c1-2-7-8(9-10-4-5-11-9)12-6-14(7)13-3-1/h1-6H,(H,10,11). The summed E-state index contributed by atoms with van der Waals surface area (Å²) in [6.45, 7) is 0. The molecule has 0 saturated carbocycles. The van der Waals surface area contributed by atoms with E-state index in [1.807, 2.05) is 12.1 Å². The number of aromatic nitrogens is 5. The third-order valence-corrected chi connectivity index (χ3v) is 2.04. The minimum absolute atomic E-state index is 0.764. The lowest BCUT2D eigenvalue weighted by atomic mass is 10.3. The zero-order chi connectivity index (χ0) is 9.38. The van der Waals surface area contributed by atoms with Gasteiger partial charge in [-0.2, -0.15) is 5.10 Å². The Kier molecular flexibility index (Phi) is 1.38. The van der Waals surface area contributed by atoms with Gasteiger partial charge < -0.3 is 4.98 Å². The van der Waals surface area contributed by atoms with Crippen LogP contribution in [0.15, 0.2) is 37.1 Å². The van der Waals surface area contributed by atoms with Gasteiger partial charge in [-0.05, 0) is 12.1 Å². The molecular formula is C9H7N5. The molecule has 0 unspecified atom stereocenters. The number of rotatable bonds is 1. The maximum Gasteiger partial charge on any atom is 0.158 e. The summed E-state index contributed by atoms with van der Waals surface area (Å²) in [5, 5.41) is 4.12. The zero-order valence-electron chi connectivity index (χ0n) is 7.25. The van der Waals surface area contributed by atoms with Crippen LogP contribution < -0.4 is 0 Å². The van der Waals surface area contributed by atoms with E-state index in [0.717, 1.165) is 17.0 Å². The molecule has 3 aromatic rings. The minimum atomic E-state index is 0.764. The van der Waals surface area contributed by atoms with Gasteiger partial charge in [-0.15, -0.1) is 0 Å². The molecule has 0 bridgehead atoms. The van der Waals surface area contributed by atoms with Gasteiger partial charge in [-0.1, -0.05) is 0 Å². The second-order valence-electron chi connectivity index (χ2n) is 2.88. The van der Waals surface area contributed by atoms with Crippen LogP contribution in [0.3, 0.4) is 0 Å². The third kappa shape index (κ3) is 0.922. The smallest absolute Gasteiger partial charge is 0.158 e. The lowest BCUT2D eigenvalue weighted by molar-refractivity contribution is 0.926. The molecule has 0 radical (unpaired) electrons. The van der Waals surface area contributed by atoms with Crippen LogP contribution in [-0.2, 0) is 0 Å². The van der Waals surface area contributed by atoms with Gasteiger partial charge in [0, 0.05) is 18.6 Å². The Morgan fingerprint density at radius 2 is 2.21 bits per heavy atom. The van der Waals surface area contributed by atoms with Crippen molar-refractivity contribution in [3.05, 3.63) is 37.1 Å². The second kappa shape index (κ2) is 2.66. The van der Waals surface area contributed by atoms with E-state index in [-0.39, 0.29) is 0 Å². The monoisotopic (exact) mass is 185 g/mol. The van der Waals surface area contributed by atoms with Crippen LogP contribution in [0.4, 0.5) is 0 Å². The summed E-state index contributed by atoms with van der Waals surface area (Å²) in [4.78, 5) is 11.4. The molecule has 0 amide bonds. The third-order valence-electron chi connectivity index (χ3n) is 2.04. The quantitative estimate of drug-likeness (QED) is 0.618. The van der Waals surface area contributed by atoms with Gasteiger partial charge in [0.15, 0.2) is 5.82 Å². The van der Waals surface area contributed by atoms with Crippen LogP contribution in [0.1, 0.15) is 0 Å². The largest absolute Gasteiger partial charge is 0.343 e. The molecular weight excluding hydrogens is 178 g/mol. The highest BCUT2D eigenvalue weighted by Gasteiger charge is 2.07. The number of H-pyrrole nitrogens is 1. The molecule has 0 aliphatic carbocycles. The van der Waals surface area contributed by atoms with Crippen LogP contribution in [0.5, 0.6) is 0 Å². The van der Waals surface area contributed by atoms with E-state index in [1.54, 1.807) is 29.4 Å². The summed E-state index contributed by atoms with van der Waals surface area (Å²) >= 11 is 0. The highest BCUT2D eigenvalue weighted by molar-refractivity contribution is 5.71. The van der Waals surface area contributed by atoms with Gasteiger partial charge in [-0.25, -0.2) is 14.5 Å².